The third-order valence-electron chi connectivity index (χ3n) is 4.35. The van der Waals surface area contributed by atoms with Crippen LogP contribution in [0.3, 0.4) is 0 Å². The first-order chi connectivity index (χ1) is 10.5. The maximum absolute atomic E-state index is 12.9. The molecule has 0 radical (unpaired) electrons. The standard InChI is InChI=1S/C15H20N4O3/c1-9-5-4-7-19(8-6-9)15(21)12-11-10(2)22-17-13(11)14(20)18(3)16-12/h9H,4-8H2,1-3H3. The Labute approximate surface area is 127 Å². The normalized spacial score (nSPS) is 19.4. The van der Waals surface area contributed by atoms with Gasteiger partial charge in [-0.15, -0.1) is 0 Å². The van der Waals surface area contributed by atoms with Gasteiger partial charge in [0, 0.05) is 20.1 Å². The van der Waals surface area contributed by atoms with Crippen molar-refractivity contribution in [1.82, 2.24) is 19.8 Å². The van der Waals surface area contributed by atoms with Gasteiger partial charge in [0.25, 0.3) is 11.5 Å². The third-order valence-corrected chi connectivity index (χ3v) is 4.35. The Hall–Kier alpha value is -2.18. The molecule has 0 aromatic carbocycles. The summed E-state index contributed by atoms with van der Waals surface area (Å²) in [4.78, 5) is 26.7. The summed E-state index contributed by atoms with van der Waals surface area (Å²) in [5.41, 5.74) is 0.0693. The number of carbonyl (C=O) groups excluding carboxylic acids is 1. The Bertz CT molecular complexity index is 777. The number of likely N-dealkylation sites (tertiary alicyclic amines) is 1. The Morgan fingerprint density at radius 3 is 2.86 bits per heavy atom. The predicted octanol–water partition coefficient (Wildman–Crippen LogP) is 1.49. The minimum absolute atomic E-state index is 0.152. The molecule has 1 amide bonds. The van der Waals surface area contributed by atoms with E-state index in [1.54, 1.807) is 6.92 Å². The molecule has 1 unspecified atom stereocenters. The lowest BCUT2D eigenvalue weighted by Gasteiger charge is -2.20. The first-order valence-corrected chi connectivity index (χ1v) is 7.61. The van der Waals surface area contributed by atoms with E-state index in [2.05, 4.69) is 17.2 Å². The average molecular weight is 304 g/mol. The van der Waals surface area contributed by atoms with Gasteiger partial charge in [-0.25, -0.2) is 4.68 Å². The molecule has 1 aliphatic rings. The van der Waals surface area contributed by atoms with E-state index < -0.39 is 0 Å². The van der Waals surface area contributed by atoms with Crippen molar-refractivity contribution in [3.8, 4) is 0 Å². The molecule has 2 aromatic rings. The maximum Gasteiger partial charge on any atom is 0.296 e. The fourth-order valence-electron chi connectivity index (χ4n) is 2.96. The summed E-state index contributed by atoms with van der Waals surface area (Å²) < 4.78 is 6.25. The molecular formula is C15H20N4O3. The minimum atomic E-state index is -0.354. The monoisotopic (exact) mass is 304 g/mol. The fourth-order valence-corrected chi connectivity index (χ4v) is 2.96. The summed E-state index contributed by atoms with van der Waals surface area (Å²) in [6.07, 6.45) is 3.11. The van der Waals surface area contributed by atoms with E-state index in [1.165, 1.54) is 7.05 Å². The number of rotatable bonds is 1. The van der Waals surface area contributed by atoms with Crippen molar-refractivity contribution in [3.05, 3.63) is 21.8 Å². The second-order valence-electron chi connectivity index (χ2n) is 6.07. The lowest BCUT2D eigenvalue weighted by atomic mass is 10.0. The molecule has 1 atom stereocenters. The van der Waals surface area contributed by atoms with Crippen LogP contribution in [0.15, 0.2) is 9.32 Å². The summed E-state index contributed by atoms with van der Waals surface area (Å²) >= 11 is 0. The molecule has 0 saturated carbocycles. The highest BCUT2D eigenvalue weighted by atomic mass is 16.5. The highest BCUT2D eigenvalue weighted by Gasteiger charge is 2.26. The Balaban J connectivity index is 2.06. The lowest BCUT2D eigenvalue weighted by molar-refractivity contribution is 0.0754. The number of fused-ring (bicyclic) bond motifs is 1. The summed E-state index contributed by atoms with van der Waals surface area (Å²) in [5.74, 6) is 0.927. The van der Waals surface area contributed by atoms with E-state index in [4.69, 9.17) is 4.52 Å². The molecule has 3 heterocycles. The Kier molecular flexibility index (Phi) is 3.72. The van der Waals surface area contributed by atoms with Gasteiger partial charge in [0.15, 0.2) is 11.2 Å². The Morgan fingerprint density at radius 1 is 1.32 bits per heavy atom. The van der Waals surface area contributed by atoms with E-state index in [0.717, 1.165) is 37.0 Å². The number of nitrogens with zero attached hydrogens (tertiary/aromatic N) is 4. The highest BCUT2D eigenvalue weighted by Crippen LogP contribution is 2.22. The van der Waals surface area contributed by atoms with Crippen LogP contribution in [0.2, 0.25) is 0 Å². The van der Waals surface area contributed by atoms with Crippen molar-refractivity contribution in [2.24, 2.45) is 13.0 Å². The number of carbonyl (C=O) groups is 1. The number of aryl methyl sites for hydroxylation is 2. The van der Waals surface area contributed by atoms with Gasteiger partial charge in [0.2, 0.25) is 0 Å². The number of hydrogen-bond donors (Lipinski definition) is 0. The SMILES string of the molecule is Cc1onc2c(=O)n(C)nc(C(=O)N3CCCC(C)CC3)c12. The third kappa shape index (κ3) is 2.40. The van der Waals surface area contributed by atoms with Crippen molar-refractivity contribution in [1.29, 1.82) is 0 Å². The van der Waals surface area contributed by atoms with Crippen molar-refractivity contribution in [2.45, 2.75) is 33.1 Å². The first kappa shape index (κ1) is 14.7. The quantitative estimate of drug-likeness (QED) is 0.797. The van der Waals surface area contributed by atoms with Gasteiger partial charge in [-0.3, -0.25) is 9.59 Å². The molecule has 2 aromatic heterocycles. The molecule has 7 nitrogen and oxygen atoms in total. The van der Waals surface area contributed by atoms with Gasteiger partial charge in [-0.05, 0) is 32.1 Å². The fraction of sp³-hybridized carbons (Fsp3) is 0.600. The molecule has 22 heavy (non-hydrogen) atoms. The van der Waals surface area contributed by atoms with Crippen LogP contribution in [-0.2, 0) is 7.05 Å². The van der Waals surface area contributed by atoms with Gasteiger partial charge in [0.05, 0.1) is 5.39 Å². The van der Waals surface area contributed by atoms with Gasteiger partial charge in [0.1, 0.15) is 5.76 Å². The average Bonchev–Trinajstić information content (AvgIpc) is 2.74. The summed E-state index contributed by atoms with van der Waals surface area (Å²) in [7, 11) is 1.52. The largest absolute Gasteiger partial charge is 0.360 e. The van der Waals surface area contributed by atoms with Crippen LogP contribution in [-0.4, -0.2) is 38.8 Å². The second-order valence-corrected chi connectivity index (χ2v) is 6.07. The van der Waals surface area contributed by atoms with Crippen LogP contribution in [0.25, 0.3) is 10.9 Å². The minimum Gasteiger partial charge on any atom is -0.360 e. The molecule has 3 rings (SSSR count). The maximum atomic E-state index is 12.9. The van der Waals surface area contributed by atoms with Crippen LogP contribution < -0.4 is 5.56 Å². The van der Waals surface area contributed by atoms with Crippen molar-refractivity contribution in [2.75, 3.05) is 13.1 Å². The van der Waals surface area contributed by atoms with Crippen molar-refractivity contribution in [3.63, 3.8) is 0 Å². The van der Waals surface area contributed by atoms with Crippen LogP contribution in [0.5, 0.6) is 0 Å². The molecule has 1 aliphatic heterocycles. The molecule has 118 valence electrons. The van der Waals surface area contributed by atoms with E-state index in [-0.39, 0.29) is 22.7 Å². The molecule has 1 saturated heterocycles. The Morgan fingerprint density at radius 2 is 2.09 bits per heavy atom. The molecule has 0 spiro atoms. The predicted molar refractivity (Wildman–Crippen MR) is 80.7 cm³/mol. The molecule has 0 N–H and O–H groups in total. The highest BCUT2D eigenvalue weighted by molar-refractivity contribution is 6.04. The number of amides is 1. The van der Waals surface area contributed by atoms with Gasteiger partial charge >= 0.3 is 0 Å². The molecule has 7 heteroatoms. The number of hydrogen-bond acceptors (Lipinski definition) is 5. The molecule has 0 bridgehead atoms. The van der Waals surface area contributed by atoms with Gasteiger partial charge in [-0.2, -0.15) is 5.10 Å². The van der Waals surface area contributed by atoms with E-state index in [0.29, 0.717) is 17.1 Å². The van der Waals surface area contributed by atoms with E-state index in [1.807, 2.05) is 4.90 Å². The zero-order valence-corrected chi connectivity index (χ0v) is 13.1. The van der Waals surface area contributed by atoms with Gasteiger partial charge in [-0.1, -0.05) is 12.1 Å². The first-order valence-electron chi connectivity index (χ1n) is 7.61. The topological polar surface area (TPSA) is 81.2 Å². The van der Waals surface area contributed by atoms with Crippen LogP contribution in [0.1, 0.15) is 42.4 Å². The molecule has 0 aliphatic carbocycles. The smallest absolute Gasteiger partial charge is 0.296 e. The zero-order chi connectivity index (χ0) is 15.9. The summed E-state index contributed by atoms with van der Waals surface area (Å²) in [5, 5.41) is 8.39. The van der Waals surface area contributed by atoms with Crippen LogP contribution >= 0.6 is 0 Å². The number of aromatic nitrogens is 3. The van der Waals surface area contributed by atoms with Gasteiger partial charge < -0.3 is 9.42 Å². The van der Waals surface area contributed by atoms with Crippen LogP contribution in [0, 0.1) is 12.8 Å². The van der Waals surface area contributed by atoms with Crippen LogP contribution in [0.4, 0.5) is 0 Å². The zero-order valence-electron chi connectivity index (χ0n) is 13.1. The molecular weight excluding hydrogens is 284 g/mol. The van der Waals surface area contributed by atoms with Crippen molar-refractivity contribution < 1.29 is 9.32 Å². The molecule has 1 fully saturated rings. The lowest BCUT2D eigenvalue weighted by Crippen LogP contribution is -2.34. The summed E-state index contributed by atoms with van der Waals surface area (Å²) in [6, 6.07) is 0. The van der Waals surface area contributed by atoms with Crippen molar-refractivity contribution >= 4 is 16.8 Å². The van der Waals surface area contributed by atoms with E-state index in [9.17, 15) is 9.59 Å². The summed E-state index contributed by atoms with van der Waals surface area (Å²) in [6.45, 7) is 5.34. The van der Waals surface area contributed by atoms with E-state index >= 15 is 0 Å². The second kappa shape index (κ2) is 5.55.